The molecule has 0 aliphatic heterocycles. The maximum absolute atomic E-state index is 11.9. The van der Waals surface area contributed by atoms with Crippen LogP contribution in [0.1, 0.15) is 36.0 Å². The van der Waals surface area contributed by atoms with Crippen LogP contribution in [-0.2, 0) is 4.74 Å². The van der Waals surface area contributed by atoms with Gasteiger partial charge in [-0.15, -0.1) is 0 Å². The van der Waals surface area contributed by atoms with Crippen LogP contribution in [-0.4, -0.2) is 12.6 Å². The van der Waals surface area contributed by atoms with Gasteiger partial charge in [-0.3, -0.25) is 0 Å². The van der Waals surface area contributed by atoms with E-state index in [2.05, 4.69) is 15.9 Å². The van der Waals surface area contributed by atoms with Crippen LogP contribution < -0.4 is 5.73 Å². The van der Waals surface area contributed by atoms with Gasteiger partial charge in [-0.05, 0) is 52.9 Å². The van der Waals surface area contributed by atoms with Crippen LogP contribution in [0.5, 0.6) is 0 Å². The molecule has 0 bridgehead atoms. The first-order chi connectivity index (χ1) is 8.16. The number of nitrogen functional groups attached to an aromatic ring is 1. The largest absolute Gasteiger partial charge is 0.462 e. The molecule has 0 spiro atoms. The van der Waals surface area contributed by atoms with E-state index in [9.17, 15) is 4.79 Å². The summed E-state index contributed by atoms with van der Waals surface area (Å²) in [7, 11) is 0. The number of benzene rings is 1. The molecule has 2 rings (SSSR count). The lowest BCUT2D eigenvalue weighted by atomic mass is 10.1. The van der Waals surface area contributed by atoms with Crippen molar-refractivity contribution in [2.75, 3.05) is 12.3 Å². The molecule has 0 amide bonds. The van der Waals surface area contributed by atoms with Gasteiger partial charge in [0.15, 0.2) is 0 Å². The predicted octanol–water partition coefficient (Wildman–Crippen LogP) is 3.38. The Morgan fingerprint density at radius 2 is 2.12 bits per heavy atom. The summed E-state index contributed by atoms with van der Waals surface area (Å²) >= 11 is 3.33. The zero-order chi connectivity index (χ0) is 12.3. The number of hydrogen-bond acceptors (Lipinski definition) is 3. The maximum Gasteiger partial charge on any atom is 0.339 e. The molecule has 1 saturated carbocycles. The molecule has 0 atom stereocenters. The lowest BCUT2D eigenvalue weighted by Gasteiger charge is -2.11. The first kappa shape index (κ1) is 12.4. The van der Waals surface area contributed by atoms with Crippen LogP contribution >= 0.6 is 15.9 Å². The summed E-state index contributed by atoms with van der Waals surface area (Å²) in [5, 5.41) is 0. The Labute approximate surface area is 109 Å². The number of carbonyl (C=O) groups excluding carboxylic acids is 1. The average Bonchev–Trinajstić information content (AvgIpc) is 2.82. The molecular formula is C13H16BrNO2. The Kier molecular flexibility index (Phi) is 4.05. The second-order valence-corrected chi connectivity index (χ2v) is 5.34. The molecule has 0 unspecified atom stereocenters. The van der Waals surface area contributed by atoms with Crippen LogP contribution in [0, 0.1) is 5.92 Å². The first-order valence-corrected chi connectivity index (χ1v) is 6.68. The van der Waals surface area contributed by atoms with E-state index in [1.165, 1.54) is 25.7 Å². The number of halogens is 1. The summed E-state index contributed by atoms with van der Waals surface area (Å²) < 4.78 is 6.05. The van der Waals surface area contributed by atoms with Crippen molar-refractivity contribution < 1.29 is 9.53 Å². The van der Waals surface area contributed by atoms with E-state index in [1.807, 2.05) is 0 Å². The Hall–Kier alpha value is -1.03. The Morgan fingerprint density at radius 1 is 1.41 bits per heavy atom. The number of esters is 1. The van der Waals surface area contributed by atoms with Gasteiger partial charge in [0.05, 0.1) is 12.2 Å². The molecule has 17 heavy (non-hydrogen) atoms. The number of anilines is 1. The molecule has 1 aromatic carbocycles. The summed E-state index contributed by atoms with van der Waals surface area (Å²) in [4.78, 5) is 11.9. The minimum Gasteiger partial charge on any atom is -0.462 e. The summed E-state index contributed by atoms with van der Waals surface area (Å²) in [6.45, 7) is 0.528. The Bertz CT molecular complexity index is 414. The monoisotopic (exact) mass is 297 g/mol. The summed E-state index contributed by atoms with van der Waals surface area (Å²) in [5.74, 6) is 0.245. The minimum atomic E-state index is -0.295. The first-order valence-electron chi connectivity index (χ1n) is 5.89. The third-order valence-electron chi connectivity index (χ3n) is 3.14. The normalized spacial score (nSPS) is 16.1. The highest BCUT2D eigenvalue weighted by Crippen LogP contribution is 2.26. The molecule has 4 heteroatoms. The fraction of sp³-hybridized carbons (Fsp3) is 0.462. The van der Waals surface area contributed by atoms with Crippen molar-refractivity contribution in [3.8, 4) is 0 Å². The van der Waals surface area contributed by atoms with E-state index < -0.39 is 0 Å². The molecule has 1 aliphatic rings. The van der Waals surface area contributed by atoms with Gasteiger partial charge in [0.1, 0.15) is 0 Å². The standard InChI is InChI=1S/C13H16BrNO2/c14-12-6-5-10(15)7-11(12)13(16)17-8-9-3-1-2-4-9/h5-7,9H,1-4,8,15H2. The molecule has 0 radical (unpaired) electrons. The highest BCUT2D eigenvalue weighted by Gasteiger charge is 2.18. The lowest BCUT2D eigenvalue weighted by molar-refractivity contribution is 0.0441. The van der Waals surface area contributed by atoms with E-state index in [0.717, 1.165) is 4.47 Å². The van der Waals surface area contributed by atoms with Crippen molar-refractivity contribution in [1.29, 1.82) is 0 Å². The molecule has 0 aromatic heterocycles. The molecule has 0 heterocycles. The molecule has 2 N–H and O–H groups in total. The fourth-order valence-electron chi connectivity index (χ4n) is 2.15. The van der Waals surface area contributed by atoms with Gasteiger partial charge in [-0.25, -0.2) is 4.79 Å². The van der Waals surface area contributed by atoms with Crippen LogP contribution in [0.4, 0.5) is 5.69 Å². The van der Waals surface area contributed by atoms with E-state index >= 15 is 0 Å². The highest BCUT2D eigenvalue weighted by molar-refractivity contribution is 9.10. The molecule has 1 aliphatic carbocycles. The number of nitrogens with two attached hydrogens (primary N) is 1. The van der Waals surface area contributed by atoms with Crippen molar-refractivity contribution in [3.63, 3.8) is 0 Å². The second-order valence-electron chi connectivity index (χ2n) is 4.49. The van der Waals surface area contributed by atoms with Gasteiger partial charge in [-0.2, -0.15) is 0 Å². The molecule has 92 valence electrons. The van der Waals surface area contributed by atoms with Crippen molar-refractivity contribution in [1.82, 2.24) is 0 Å². The molecular weight excluding hydrogens is 282 g/mol. The van der Waals surface area contributed by atoms with E-state index in [0.29, 0.717) is 23.8 Å². The van der Waals surface area contributed by atoms with Crippen LogP contribution in [0.3, 0.4) is 0 Å². The number of carbonyl (C=O) groups is 1. The smallest absolute Gasteiger partial charge is 0.339 e. The Balaban J connectivity index is 1.96. The third-order valence-corrected chi connectivity index (χ3v) is 3.83. The molecule has 1 fully saturated rings. The van der Waals surface area contributed by atoms with Crippen molar-refractivity contribution in [2.24, 2.45) is 5.92 Å². The quantitative estimate of drug-likeness (QED) is 0.687. The van der Waals surface area contributed by atoms with Gasteiger partial charge >= 0.3 is 5.97 Å². The zero-order valence-electron chi connectivity index (χ0n) is 9.62. The molecule has 1 aromatic rings. The second kappa shape index (κ2) is 5.54. The van der Waals surface area contributed by atoms with Gasteiger partial charge in [0.25, 0.3) is 0 Å². The minimum absolute atomic E-state index is 0.295. The maximum atomic E-state index is 11.9. The third kappa shape index (κ3) is 3.22. The van der Waals surface area contributed by atoms with Crippen LogP contribution in [0.2, 0.25) is 0 Å². The fourth-order valence-corrected chi connectivity index (χ4v) is 2.56. The topological polar surface area (TPSA) is 52.3 Å². The number of ether oxygens (including phenoxy) is 1. The molecule has 0 saturated heterocycles. The van der Waals surface area contributed by atoms with Crippen LogP contribution in [0.25, 0.3) is 0 Å². The van der Waals surface area contributed by atoms with Crippen LogP contribution in [0.15, 0.2) is 22.7 Å². The van der Waals surface area contributed by atoms with E-state index in [-0.39, 0.29) is 5.97 Å². The molecule has 3 nitrogen and oxygen atoms in total. The van der Waals surface area contributed by atoms with Crippen molar-refractivity contribution >= 4 is 27.6 Å². The zero-order valence-corrected chi connectivity index (χ0v) is 11.2. The predicted molar refractivity (Wildman–Crippen MR) is 70.8 cm³/mol. The highest BCUT2D eigenvalue weighted by atomic mass is 79.9. The van der Waals surface area contributed by atoms with Gasteiger partial charge in [0, 0.05) is 10.2 Å². The lowest BCUT2D eigenvalue weighted by Crippen LogP contribution is -2.12. The Morgan fingerprint density at radius 3 is 2.82 bits per heavy atom. The van der Waals surface area contributed by atoms with Gasteiger partial charge in [0.2, 0.25) is 0 Å². The van der Waals surface area contributed by atoms with E-state index in [1.54, 1.807) is 18.2 Å². The summed E-state index contributed by atoms with van der Waals surface area (Å²) in [5.41, 5.74) is 6.73. The summed E-state index contributed by atoms with van der Waals surface area (Å²) in [6.07, 6.45) is 4.85. The van der Waals surface area contributed by atoms with Gasteiger partial charge < -0.3 is 10.5 Å². The van der Waals surface area contributed by atoms with Crippen molar-refractivity contribution in [3.05, 3.63) is 28.2 Å². The van der Waals surface area contributed by atoms with Gasteiger partial charge in [-0.1, -0.05) is 12.8 Å². The SMILES string of the molecule is Nc1ccc(Br)c(C(=O)OCC2CCCC2)c1. The average molecular weight is 298 g/mol. The van der Waals surface area contributed by atoms with E-state index in [4.69, 9.17) is 10.5 Å². The number of hydrogen-bond donors (Lipinski definition) is 1. The number of rotatable bonds is 3. The summed E-state index contributed by atoms with van der Waals surface area (Å²) in [6, 6.07) is 5.15. The van der Waals surface area contributed by atoms with Crippen molar-refractivity contribution in [2.45, 2.75) is 25.7 Å².